The average Bonchev–Trinajstić information content (AvgIpc) is 3.12. The normalized spacial score (nSPS) is 45.4. The van der Waals surface area contributed by atoms with Crippen LogP contribution in [-0.4, -0.2) is 52.0 Å². The Morgan fingerprint density at radius 3 is 2.42 bits per heavy atom. The molecule has 0 radical (unpaired) electrons. The van der Waals surface area contributed by atoms with Crippen molar-refractivity contribution in [1.29, 1.82) is 0 Å². The Morgan fingerprint density at radius 2 is 1.79 bits per heavy atom. The summed E-state index contributed by atoms with van der Waals surface area (Å²) in [6.45, 7) is 5.77. The van der Waals surface area contributed by atoms with Gasteiger partial charge in [-0.1, -0.05) is 44.2 Å². The number of nitrogens with two attached hydrogens (primary N) is 3. The van der Waals surface area contributed by atoms with Gasteiger partial charge < -0.3 is 32.2 Å². The van der Waals surface area contributed by atoms with Gasteiger partial charge >= 0.3 is 11.9 Å². The predicted octanol–water partition coefficient (Wildman–Crippen LogP) is 2.51. The first-order valence-electron chi connectivity index (χ1n) is 14.0. The van der Waals surface area contributed by atoms with Crippen molar-refractivity contribution < 1.29 is 24.5 Å². The summed E-state index contributed by atoms with van der Waals surface area (Å²) in [6.07, 6.45) is 2.97. The van der Waals surface area contributed by atoms with Crippen molar-refractivity contribution in [2.75, 3.05) is 0 Å². The summed E-state index contributed by atoms with van der Waals surface area (Å²) in [5, 5.41) is 21.0. The standard InChI is InChI=1S/C30H43N3O5/c1-16(34)38-23-15-29(3)20(24(23)18(27(36)37)13-17-7-5-4-6-8-17)14-21(31)26-28(2)11-10-22(35)25(32)19(28)9-12-30(26,29)33/h4-8,19-23,25-26,35H,9-15,31-33H2,1-3H3,(H,36,37)/b24-18-/t19-,20-,21+,22+,23-,25-,26-,28-,29-,30+/m0/s1. The van der Waals surface area contributed by atoms with E-state index in [1.54, 1.807) is 0 Å². The highest BCUT2D eigenvalue weighted by molar-refractivity contribution is 5.89. The van der Waals surface area contributed by atoms with Crippen LogP contribution >= 0.6 is 0 Å². The SMILES string of the molecule is CC(=O)O[C@H]1C[C@@]2(C)[C@@H](C[C@@H](N)[C@H]3[C@@]4(C)CC[C@@H](O)[C@@H](N)[C@@H]4CC[C@@]32N)/C1=C(\Cc1ccccc1)C(=O)O. The van der Waals surface area contributed by atoms with Crippen LogP contribution in [0.5, 0.6) is 0 Å². The first kappa shape index (κ1) is 27.3. The van der Waals surface area contributed by atoms with Gasteiger partial charge in [-0.3, -0.25) is 4.79 Å². The van der Waals surface area contributed by atoms with Crippen LogP contribution < -0.4 is 17.2 Å². The summed E-state index contributed by atoms with van der Waals surface area (Å²) < 4.78 is 5.86. The fourth-order valence-corrected chi connectivity index (χ4v) is 9.43. The van der Waals surface area contributed by atoms with E-state index < -0.39 is 35.1 Å². The van der Waals surface area contributed by atoms with Gasteiger partial charge in [0.15, 0.2) is 0 Å². The molecule has 0 amide bonds. The van der Waals surface area contributed by atoms with Gasteiger partial charge in [-0.05, 0) is 78.2 Å². The molecule has 10 atom stereocenters. The number of hydrogen-bond acceptors (Lipinski definition) is 7. The highest BCUT2D eigenvalue weighted by atomic mass is 16.5. The van der Waals surface area contributed by atoms with Gasteiger partial charge in [-0.2, -0.15) is 0 Å². The van der Waals surface area contributed by atoms with Gasteiger partial charge in [0.1, 0.15) is 6.10 Å². The quantitative estimate of drug-likeness (QED) is 0.296. The maximum atomic E-state index is 12.8. The molecule has 0 spiro atoms. The molecular formula is C30H43N3O5. The molecule has 0 aromatic heterocycles. The molecule has 0 saturated heterocycles. The van der Waals surface area contributed by atoms with Gasteiger partial charge in [0, 0.05) is 36.5 Å². The lowest BCUT2D eigenvalue weighted by Gasteiger charge is -2.68. The Kier molecular flexibility index (Phi) is 6.78. The van der Waals surface area contributed by atoms with Crippen LogP contribution in [0.15, 0.2) is 41.5 Å². The lowest BCUT2D eigenvalue weighted by molar-refractivity contribution is -0.160. The molecule has 4 saturated carbocycles. The lowest BCUT2D eigenvalue weighted by atomic mass is 9.39. The first-order valence-corrected chi connectivity index (χ1v) is 14.0. The summed E-state index contributed by atoms with van der Waals surface area (Å²) in [7, 11) is 0. The number of aliphatic carboxylic acids is 1. The number of carbonyl (C=O) groups is 2. The van der Waals surface area contributed by atoms with Gasteiger partial charge in [0.05, 0.1) is 6.10 Å². The van der Waals surface area contributed by atoms with Crippen molar-refractivity contribution in [1.82, 2.24) is 0 Å². The summed E-state index contributed by atoms with van der Waals surface area (Å²) in [6, 6.07) is 8.92. The summed E-state index contributed by atoms with van der Waals surface area (Å²) in [5.41, 5.74) is 21.5. The van der Waals surface area contributed by atoms with Crippen molar-refractivity contribution in [3.8, 4) is 0 Å². The van der Waals surface area contributed by atoms with E-state index in [0.29, 0.717) is 31.3 Å². The molecule has 8 N–H and O–H groups in total. The first-order chi connectivity index (χ1) is 17.8. The van der Waals surface area contributed by atoms with E-state index in [4.69, 9.17) is 21.9 Å². The minimum atomic E-state index is -1.00. The fourth-order valence-electron chi connectivity index (χ4n) is 9.43. The van der Waals surface area contributed by atoms with E-state index in [1.165, 1.54) is 6.92 Å². The number of aliphatic hydroxyl groups is 1. The second kappa shape index (κ2) is 9.44. The lowest BCUT2D eigenvalue weighted by Crippen LogP contribution is -2.76. The van der Waals surface area contributed by atoms with E-state index in [9.17, 15) is 19.8 Å². The number of benzene rings is 1. The zero-order valence-corrected chi connectivity index (χ0v) is 22.7. The van der Waals surface area contributed by atoms with Crippen molar-refractivity contribution in [3.63, 3.8) is 0 Å². The highest BCUT2D eigenvalue weighted by Crippen LogP contribution is 2.69. The Hall–Kier alpha value is -2.26. The maximum absolute atomic E-state index is 12.8. The van der Waals surface area contributed by atoms with Crippen LogP contribution in [0.4, 0.5) is 0 Å². The molecule has 8 heteroatoms. The number of rotatable bonds is 4. The average molecular weight is 526 g/mol. The second-order valence-electron chi connectivity index (χ2n) is 12.9. The minimum Gasteiger partial charge on any atom is -0.478 e. The Morgan fingerprint density at radius 1 is 1.11 bits per heavy atom. The summed E-state index contributed by atoms with van der Waals surface area (Å²) >= 11 is 0. The minimum absolute atomic E-state index is 0.0479. The molecule has 4 aliphatic rings. The third-order valence-electron chi connectivity index (χ3n) is 11.1. The fraction of sp³-hybridized carbons (Fsp3) is 0.667. The van der Waals surface area contributed by atoms with Gasteiger partial charge in [-0.15, -0.1) is 0 Å². The third kappa shape index (κ3) is 3.95. The smallest absolute Gasteiger partial charge is 0.332 e. The number of carbonyl (C=O) groups excluding carboxylic acids is 1. The molecule has 38 heavy (non-hydrogen) atoms. The van der Waals surface area contributed by atoms with Crippen LogP contribution in [0.2, 0.25) is 0 Å². The third-order valence-corrected chi connectivity index (χ3v) is 11.1. The van der Waals surface area contributed by atoms with Crippen LogP contribution in [0.1, 0.15) is 64.9 Å². The number of carboxylic acid groups (broad SMARTS) is 1. The molecule has 1 aromatic carbocycles. The van der Waals surface area contributed by atoms with Crippen molar-refractivity contribution >= 4 is 11.9 Å². The summed E-state index contributed by atoms with van der Waals surface area (Å²) in [5.74, 6) is -1.59. The largest absolute Gasteiger partial charge is 0.478 e. The summed E-state index contributed by atoms with van der Waals surface area (Å²) in [4.78, 5) is 25.0. The van der Waals surface area contributed by atoms with Crippen molar-refractivity contribution in [2.45, 2.75) is 95.5 Å². The number of fused-ring (bicyclic) bond motifs is 5. The Labute approximate surface area is 225 Å². The highest BCUT2D eigenvalue weighted by Gasteiger charge is 2.71. The number of carboxylic acids is 1. The van der Waals surface area contributed by atoms with Crippen LogP contribution in [0, 0.1) is 28.6 Å². The molecular weight excluding hydrogens is 482 g/mol. The van der Waals surface area contributed by atoms with E-state index in [1.807, 2.05) is 30.3 Å². The molecule has 0 unspecified atom stereocenters. The molecule has 4 fully saturated rings. The Bertz CT molecular complexity index is 1140. The number of aliphatic hydroxyl groups excluding tert-OH is 1. The monoisotopic (exact) mass is 525 g/mol. The van der Waals surface area contributed by atoms with Crippen molar-refractivity contribution in [3.05, 3.63) is 47.0 Å². The van der Waals surface area contributed by atoms with Crippen LogP contribution in [0.25, 0.3) is 0 Å². The molecule has 0 aliphatic heterocycles. The van der Waals surface area contributed by atoms with E-state index in [2.05, 4.69) is 13.8 Å². The van der Waals surface area contributed by atoms with Gasteiger partial charge in [0.2, 0.25) is 0 Å². The topological polar surface area (TPSA) is 162 Å². The van der Waals surface area contributed by atoms with Gasteiger partial charge in [-0.25, -0.2) is 4.79 Å². The van der Waals surface area contributed by atoms with Crippen molar-refractivity contribution in [2.24, 2.45) is 45.8 Å². The Balaban J connectivity index is 1.63. The molecule has 0 bridgehead atoms. The molecule has 1 aromatic rings. The zero-order chi connectivity index (χ0) is 27.6. The second-order valence-corrected chi connectivity index (χ2v) is 12.9. The van der Waals surface area contributed by atoms with E-state index in [-0.39, 0.29) is 47.2 Å². The molecule has 4 aliphatic carbocycles. The van der Waals surface area contributed by atoms with E-state index in [0.717, 1.165) is 18.4 Å². The number of ether oxygens (including phenoxy) is 1. The van der Waals surface area contributed by atoms with Gasteiger partial charge in [0.25, 0.3) is 0 Å². The van der Waals surface area contributed by atoms with Crippen LogP contribution in [0.3, 0.4) is 0 Å². The molecule has 0 heterocycles. The number of esters is 1. The molecule has 208 valence electrons. The number of hydrogen-bond donors (Lipinski definition) is 5. The van der Waals surface area contributed by atoms with Crippen LogP contribution in [-0.2, 0) is 20.7 Å². The zero-order valence-electron chi connectivity index (χ0n) is 22.7. The maximum Gasteiger partial charge on any atom is 0.332 e. The van der Waals surface area contributed by atoms with E-state index >= 15 is 0 Å². The molecule has 5 rings (SSSR count). The predicted molar refractivity (Wildman–Crippen MR) is 144 cm³/mol. The molecule has 8 nitrogen and oxygen atoms in total.